The molecular formula is C12H22N2O3S. The fraction of sp³-hybridized carbons (Fsp3) is 0.833. The summed E-state index contributed by atoms with van der Waals surface area (Å²) in [6, 6.07) is 0.0986. The molecule has 1 unspecified atom stereocenters. The summed E-state index contributed by atoms with van der Waals surface area (Å²) in [5, 5.41) is 14.4. The van der Waals surface area contributed by atoms with Gasteiger partial charge in [-0.1, -0.05) is 13.3 Å². The molecule has 1 fully saturated rings. The summed E-state index contributed by atoms with van der Waals surface area (Å²) in [5.41, 5.74) is 0. The van der Waals surface area contributed by atoms with Crippen LogP contribution in [0.25, 0.3) is 0 Å². The van der Waals surface area contributed by atoms with Gasteiger partial charge in [0.1, 0.15) is 0 Å². The number of thioether (sulfide) groups is 1. The van der Waals surface area contributed by atoms with Crippen molar-refractivity contribution in [1.82, 2.24) is 10.6 Å². The Morgan fingerprint density at radius 1 is 1.39 bits per heavy atom. The van der Waals surface area contributed by atoms with Gasteiger partial charge in [-0.2, -0.15) is 11.8 Å². The largest absolute Gasteiger partial charge is 0.481 e. The van der Waals surface area contributed by atoms with Gasteiger partial charge in [0.05, 0.1) is 0 Å². The smallest absolute Gasteiger partial charge is 0.315 e. The Kier molecular flexibility index (Phi) is 6.93. The van der Waals surface area contributed by atoms with Crippen LogP contribution in [0.1, 0.15) is 32.6 Å². The molecule has 0 aromatic rings. The van der Waals surface area contributed by atoms with Crippen LogP contribution in [0.4, 0.5) is 4.79 Å². The lowest BCUT2D eigenvalue weighted by Gasteiger charge is -2.23. The lowest BCUT2D eigenvalue weighted by atomic mass is 10.0. The van der Waals surface area contributed by atoms with Gasteiger partial charge in [0.2, 0.25) is 0 Å². The Balaban J connectivity index is 2.20. The molecular weight excluding hydrogens is 252 g/mol. The lowest BCUT2D eigenvalue weighted by molar-refractivity contribution is -0.138. The highest BCUT2D eigenvalue weighted by atomic mass is 32.2. The zero-order valence-electron chi connectivity index (χ0n) is 10.8. The third kappa shape index (κ3) is 6.14. The summed E-state index contributed by atoms with van der Waals surface area (Å²) in [6.07, 6.45) is 2.90. The standard InChI is InChI=1S/C12H22N2O3S/c1-2-9(7-11(15)16)8-13-12(17)14-10-3-5-18-6-4-10/h9-10H,2-8H2,1H3,(H,15,16)(H2,13,14,17). The summed E-state index contributed by atoms with van der Waals surface area (Å²) < 4.78 is 0. The maximum atomic E-state index is 11.6. The van der Waals surface area contributed by atoms with Crippen LogP contribution >= 0.6 is 11.8 Å². The third-order valence-corrected chi connectivity index (χ3v) is 4.20. The van der Waals surface area contributed by atoms with E-state index < -0.39 is 5.97 Å². The molecule has 1 heterocycles. The highest BCUT2D eigenvalue weighted by Crippen LogP contribution is 2.16. The van der Waals surface area contributed by atoms with Crippen molar-refractivity contribution in [2.45, 2.75) is 38.6 Å². The van der Waals surface area contributed by atoms with Crippen LogP contribution in [0.15, 0.2) is 0 Å². The van der Waals surface area contributed by atoms with Crippen molar-refractivity contribution in [2.75, 3.05) is 18.1 Å². The molecule has 0 aromatic heterocycles. The molecule has 0 saturated carbocycles. The summed E-state index contributed by atoms with van der Waals surface area (Å²) in [5.74, 6) is 1.40. The summed E-state index contributed by atoms with van der Waals surface area (Å²) in [6.45, 7) is 2.36. The Morgan fingerprint density at radius 2 is 2.06 bits per heavy atom. The molecule has 3 N–H and O–H groups in total. The molecule has 0 spiro atoms. The van der Waals surface area contributed by atoms with Crippen molar-refractivity contribution in [3.63, 3.8) is 0 Å². The number of urea groups is 1. The number of carboxylic acid groups (broad SMARTS) is 1. The highest BCUT2D eigenvalue weighted by Gasteiger charge is 2.17. The van der Waals surface area contributed by atoms with Crippen LogP contribution in [0.3, 0.4) is 0 Å². The number of hydrogen-bond donors (Lipinski definition) is 3. The van der Waals surface area contributed by atoms with Gasteiger partial charge < -0.3 is 15.7 Å². The van der Waals surface area contributed by atoms with Crippen molar-refractivity contribution in [2.24, 2.45) is 5.92 Å². The second-order valence-electron chi connectivity index (χ2n) is 4.61. The number of rotatable bonds is 6. The first kappa shape index (κ1) is 15.1. The fourth-order valence-electron chi connectivity index (χ4n) is 1.92. The Labute approximate surface area is 112 Å². The van der Waals surface area contributed by atoms with Gasteiger partial charge in [-0.25, -0.2) is 4.79 Å². The maximum Gasteiger partial charge on any atom is 0.315 e. The van der Waals surface area contributed by atoms with E-state index in [-0.39, 0.29) is 24.4 Å². The minimum absolute atomic E-state index is 0.00941. The summed E-state index contributed by atoms with van der Waals surface area (Å²) in [4.78, 5) is 22.2. The Bertz CT molecular complexity index is 280. The van der Waals surface area contributed by atoms with Crippen molar-refractivity contribution in [3.8, 4) is 0 Å². The molecule has 0 aliphatic carbocycles. The number of carboxylic acids is 1. The highest BCUT2D eigenvalue weighted by molar-refractivity contribution is 7.99. The average molecular weight is 274 g/mol. The van der Waals surface area contributed by atoms with Gasteiger partial charge in [-0.15, -0.1) is 0 Å². The van der Waals surface area contributed by atoms with E-state index in [4.69, 9.17) is 5.11 Å². The van der Waals surface area contributed by atoms with E-state index in [9.17, 15) is 9.59 Å². The SMILES string of the molecule is CCC(CNC(=O)NC1CCSCC1)CC(=O)O. The van der Waals surface area contributed by atoms with Crippen LogP contribution in [0.2, 0.25) is 0 Å². The molecule has 0 aromatic carbocycles. The van der Waals surface area contributed by atoms with Crippen molar-refractivity contribution >= 4 is 23.8 Å². The van der Waals surface area contributed by atoms with Gasteiger partial charge in [0, 0.05) is 19.0 Å². The minimum Gasteiger partial charge on any atom is -0.481 e. The van der Waals surface area contributed by atoms with E-state index in [1.165, 1.54) is 0 Å². The predicted octanol–water partition coefficient (Wildman–Crippen LogP) is 1.68. The summed E-state index contributed by atoms with van der Waals surface area (Å²) >= 11 is 1.92. The topological polar surface area (TPSA) is 78.4 Å². The Morgan fingerprint density at radius 3 is 2.61 bits per heavy atom. The number of carbonyl (C=O) groups excluding carboxylic acids is 1. The molecule has 2 amide bonds. The first-order valence-corrected chi connectivity index (χ1v) is 7.61. The van der Waals surface area contributed by atoms with E-state index in [2.05, 4.69) is 10.6 Å². The molecule has 6 heteroatoms. The maximum absolute atomic E-state index is 11.6. The van der Waals surface area contributed by atoms with Gasteiger partial charge in [0.25, 0.3) is 0 Å². The second-order valence-corrected chi connectivity index (χ2v) is 5.84. The molecule has 1 aliphatic rings. The molecule has 18 heavy (non-hydrogen) atoms. The molecule has 1 aliphatic heterocycles. The number of nitrogens with one attached hydrogen (secondary N) is 2. The molecule has 1 rings (SSSR count). The van der Waals surface area contributed by atoms with Crippen molar-refractivity contribution in [3.05, 3.63) is 0 Å². The quantitative estimate of drug-likeness (QED) is 0.688. The van der Waals surface area contributed by atoms with E-state index in [0.29, 0.717) is 6.54 Å². The fourth-order valence-corrected chi connectivity index (χ4v) is 3.03. The van der Waals surface area contributed by atoms with Crippen LogP contribution in [0, 0.1) is 5.92 Å². The lowest BCUT2D eigenvalue weighted by Crippen LogP contribution is -2.45. The first-order chi connectivity index (χ1) is 8.61. The zero-order chi connectivity index (χ0) is 13.4. The molecule has 0 radical (unpaired) electrons. The van der Waals surface area contributed by atoms with Gasteiger partial charge in [-0.3, -0.25) is 4.79 Å². The van der Waals surface area contributed by atoms with Crippen LogP contribution < -0.4 is 10.6 Å². The van der Waals surface area contributed by atoms with Crippen molar-refractivity contribution < 1.29 is 14.7 Å². The van der Waals surface area contributed by atoms with E-state index >= 15 is 0 Å². The van der Waals surface area contributed by atoms with Crippen LogP contribution in [-0.4, -0.2) is 41.2 Å². The van der Waals surface area contributed by atoms with E-state index in [1.54, 1.807) is 0 Å². The van der Waals surface area contributed by atoms with Gasteiger partial charge in [-0.05, 0) is 30.3 Å². The average Bonchev–Trinajstić information content (AvgIpc) is 2.35. The Hall–Kier alpha value is -0.910. The minimum atomic E-state index is -0.812. The number of amides is 2. The van der Waals surface area contributed by atoms with Crippen LogP contribution in [0.5, 0.6) is 0 Å². The predicted molar refractivity (Wildman–Crippen MR) is 72.9 cm³/mol. The normalized spacial score (nSPS) is 18.1. The molecule has 1 saturated heterocycles. The number of aliphatic carboxylic acids is 1. The second kappa shape index (κ2) is 8.24. The third-order valence-electron chi connectivity index (χ3n) is 3.15. The molecule has 0 bridgehead atoms. The zero-order valence-corrected chi connectivity index (χ0v) is 11.6. The monoisotopic (exact) mass is 274 g/mol. The van der Waals surface area contributed by atoms with Gasteiger partial charge in [0.15, 0.2) is 0 Å². The number of carbonyl (C=O) groups is 2. The van der Waals surface area contributed by atoms with E-state index in [0.717, 1.165) is 30.8 Å². The first-order valence-electron chi connectivity index (χ1n) is 6.45. The summed E-state index contributed by atoms with van der Waals surface area (Å²) in [7, 11) is 0. The number of hydrogen-bond acceptors (Lipinski definition) is 3. The molecule has 5 nitrogen and oxygen atoms in total. The molecule has 104 valence electrons. The van der Waals surface area contributed by atoms with E-state index in [1.807, 2.05) is 18.7 Å². The van der Waals surface area contributed by atoms with Gasteiger partial charge >= 0.3 is 12.0 Å². The van der Waals surface area contributed by atoms with Crippen molar-refractivity contribution in [1.29, 1.82) is 0 Å². The molecule has 1 atom stereocenters. The van der Waals surface area contributed by atoms with Crippen LogP contribution in [-0.2, 0) is 4.79 Å².